The van der Waals surface area contributed by atoms with Gasteiger partial charge < -0.3 is 15.8 Å². The number of hydrogen-bond acceptors (Lipinski definition) is 4. The molecular formula is C14H26N2O2S. The van der Waals surface area contributed by atoms with Crippen molar-refractivity contribution in [3.63, 3.8) is 0 Å². The van der Waals surface area contributed by atoms with Gasteiger partial charge in [0.15, 0.2) is 0 Å². The second-order valence-electron chi connectivity index (χ2n) is 5.74. The van der Waals surface area contributed by atoms with Gasteiger partial charge in [-0.25, -0.2) is 0 Å². The fraction of sp³-hybridized carbons (Fsp3) is 0.929. The Kier molecular flexibility index (Phi) is 5.98. The number of carbonyl (C=O) groups excluding carboxylic acids is 1. The summed E-state index contributed by atoms with van der Waals surface area (Å²) in [5, 5.41) is 3.15. The summed E-state index contributed by atoms with van der Waals surface area (Å²) in [4.78, 5) is 12.0. The van der Waals surface area contributed by atoms with Crippen LogP contribution in [0, 0.1) is 0 Å². The molecule has 1 atom stereocenters. The Bertz CT molecular complexity index is 287. The van der Waals surface area contributed by atoms with Gasteiger partial charge in [0.05, 0.1) is 17.4 Å². The Balaban J connectivity index is 1.63. The molecule has 0 radical (unpaired) electrons. The van der Waals surface area contributed by atoms with E-state index in [0.717, 1.165) is 31.6 Å². The van der Waals surface area contributed by atoms with Crippen molar-refractivity contribution in [2.75, 3.05) is 24.7 Å². The summed E-state index contributed by atoms with van der Waals surface area (Å²) < 4.78 is 5.66. The van der Waals surface area contributed by atoms with Gasteiger partial charge in [0, 0.05) is 18.9 Å². The van der Waals surface area contributed by atoms with Gasteiger partial charge in [-0.2, -0.15) is 0 Å². The van der Waals surface area contributed by atoms with Crippen molar-refractivity contribution in [3.05, 3.63) is 0 Å². The van der Waals surface area contributed by atoms with Crippen LogP contribution in [0.4, 0.5) is 0 Å². The maximum Gasteiger partial charge on any atom is 0.230 e. The summed E-state index contributed by atoms with van der Waals surface area (Å²) in [5.41, 5.74) is 5.71. The summed E-state index contributed by atoms with van der Waals surface area (Å²) in [5.74, 6) is 1.60. The summed E-state index contributed by atoms with van der Waals surface area (Å²) in [6.45, 7) is 1.45. The molecule has 110 valence electrons. The van der Waals surface area contributed by atoms with Crippen LogP contribution in [0.25, 0.3) is 0 Å². The Morgan fingerprint density at radius 2 is 2.11 bits per heavy atom. The highest BCUT2D eigenvalue weighted by molar-refractivity contribution is 7.99. The average Bonchev–Trinajstić information content (AvgIpc) is 2.89. The van der Waals surface area contributed by atoms with Crippen molar-refractivity contribution in [2.24, 2.45) is 5.73 Å². The largest absolute Gasteiger partial charge is 0.377 e. The van der Waals surface area contributed by atoms with E-state index < -0.39 is 0 Å². The quantitative estimate of drug-likeness (QED) is 0.780. The van der Waals surface area contributed by atoms with Gasteiger partial charge in [-0.3, -0.25) is 4.79 Å². The Hall–Kier alpha value is -0.260. The monoisotopic (exact) mass is 286 g/mol. The molecular weight excluding hydrogens is 260 g/mol. The lowest BCUT2D eigenvalue weighted by Crippen LogP contribution is -2.52. The minimum atomic E-state index is -0.112. The summed E-state index contributed by atoms with van der Waals surface area (Å²) in [6.07, 6.45) is 8.36. The summed E-state index contributed by atoms with van der Waals surface area (Å²) in [7, 11) is 0. The molecule has 5 heteroatoms. The van der Waals surface area contributed by atoms with E-state index in [0.29, 0.717) is 18.4 Å². The Morgan fingerprint density at radius 3 is 2.74 bits per heavy atom. The van der Waals surface area contributed by atoms with E-state index in [1.165, 1.54) is 25.7 Å². The predicted molar refractivity (Wildman–Crippen MR) is 79.3 cm³/mol. The highest BCUT2D eigenvalue weighted by atomic mass is 32.2. The molecule has 0 bridgehead atoms. The van der Waals surface area contributed by atoms with Crippen molar-refractivity contribution in [2.45, 2.75) is 56.6 Å². The molecule has 1 unspecified atom stereocenters. The van der Waals surface area contributed by atoms with E-state index in [1.807, 2.05) is 0 Å². The lowest BCUT2D eigenvalue weighted by molar-refractivity contribution is -0.120. The highest BCUT2D eigenvalue weighted by Crippen LogP contribution is 2.28. The fourth-order valence-electron chi connectivity index (χ4n) is 2.99. The number of thioether (sulfide) groups is 1. The molecule has 1 amide bonds. The molecule has 1 heterocycles. The molecule has 0 aromatic heterocycles. The van der Waals surface area contributed by atoms with Crippen LogP contribution in [0.1, 0.15) is 44.9 Å². The first-order valence-electron chi connectivity index (χ1n) is 7.44. The van der Waals surface area contributed by atoms with Gasteiger partial charge >= 0.3 is 0 Å². The van der Waals surface area contributed by atoms with Gasteiger partial charge in [0.25, 0.3) is 0 Å². The number of rotatable bonds is 6. The number of carbonyl (C=O) groups is 1. The number of ether oxygens (including phenoxy) is 1. The lowest BCUT2D eigenvalue weighted by atomic mass is 9.98. The first kappa shape index (κ1) is 15.1. The number of nitrogens with one attached hydrogen (secondary N) is 1. The number of hydrogen-bond donors (Lipinski definition) is 2. The van der Waals surface area contributed by atoms with Crippen LogP contribution in [-0.4, -0.2) is 42.2 Å². The second kappa shape index (κ2) is 7.50. The zero-order chi connectivity index (χ0) is 13.6. The summed E-state index contributed by atoms with van der Waals surface area (Å²) in [6, 6.07) is 0. The van der Waals surface area contributed by atoms with Crippen molar-refractivity contribution in [1.29, 1.82) is 0 Å². The van der Waals surface area contributed by atoms with Crippen LogP contribution in [0.15, 0.2) is 0 Å². The third kappa shape index (κ3) is 4.65. The molecule has 1 aliphatic heterocycles. The first-order chi connectivity index (χ1) is 9.24. The van der Waals surface area contributed by atoms with Crippen LogP contribution in [0.5, 0.6) is 0 Å². The van der Waals surface area contributed by atoms with Crippen LogP contribution < -0.4 is 11.1 Å². The third-order valence-corrected chi connectivity index (χ3v) is 5.24. The normalized spacial score (nSPS) is 26.3. The minimum Gasteiger partial charge on any atom is -0.377 e. The zero-order valence-electron chi connectivity index (χ0n) is 11.7. The van der Waals surface area contributed by atoms with Gasteiger partial charge in [0.1, 0.15) is 0 Å². The maximum atomic E-state index is 12.0. The maximum absolute atomic E-state index is 12.0. The highest BCUT2D eigenvalue weighted by Gasteiger charge is 2.33. The molecule has 2 aliphatic rings. The standard InChI is InChI=1S/C14H26N2O2S/c15-11-14(6-2-3-7-14)16-13(17)10-19-9-12-5-1-4-8-18-12/h12H,1-11,15H2,(H,16,17). The molecule has 19 heavy (non-hydrogen) atoms. The molecule has 4 nitrogen and oxygen atoms in total. The van der Waals surface area contributed by atoms with Crippen LogP contribution in [0.3, 0.4) is 0 Å². The topological polar surface area (TPSA) is 64.3 Å². The molecule has 1 aliphatic carbocycles. The molecule has 1 saturated heterocycles. The molecule has 3 N–H and O–H groups in total. The number of nitrogens with two attached hydrogens (primary N) is 1. The summed E-state index contributed by atoms with van der Waals surface area (Å²) >= 11 is 1.68. The van der Waals surface area contributed by atoms with Crippen molar-refractivity contribution in [1.82, 2.24) is 5.32 Å². The van der Waals surface area contributed by atoms with Crippen molar-refractivity contribution >= 4 is 17.7 Å². The molecule has 0 aromatic rings. The molecule has 0 spiro atoms. The van der Waals surface area contributed by atoms with Gasteiger partial charge in [-0.1, -0.05) is 12.8 Å². The lowest BCUT2D eigenvalue weighted by Gasteiger charge is -2.29. The van der Waals surface area contributed by atoms with Crippen LogP contribution in [-0.2, 0) is 9.53 Å². The van der Waals surface area contributed by atoms with E-state index in [-0.39, 0.29) is 11.4 Å². The van der Waals surface area contributed by atoms with Crippen molar-refractivity contribution < 1.29 is 9.53 Å². The van der Waals surface area contributed by atoms with Crippen molar-refractivity contribution in [3.8, 4) is 0 Å². The van der Waals surface area contributed by atoms with Gasteiger partial charge in [0.2, 0.25) is 5.91 Å². The number of amides is 1. The first-order valence-corrected chi connectivity index (χ1v) is 8.60. The molecule has 1 saturated carbocycles. The Labute approximate surface area is 120 Å². The van der Waals surface area contributed by atoms with Gasteiger partial charge in [-0.05, 0) is 32.1 Å². The average molecular weight is 286 g/mol. The molecule has 2 fully saturated rings. The van der Waals surface area contributed by atoms with E-state index in [1.54, 1.807) is 11.8 Å². The minimum absolute atomic E-state index is 0.112. The van der Waals surface area contributed by atoms with E-state index in [4.69, 9.17) is 10.5 Å². The fourth-order valence-corrected chi connectivity index (χ4v) is 3.89. The van der Waals surface area contributed by atoms with E-state index >= 15 is 0 Å². The van der Waals surface area contributed by atoms with Crippen LogP contribution >= 0.6 is 11.8 Å². The van der Waals surface area contributed by atoms with E-state index in [9.17, 15) is 4.79 Å². The van der Waals surface area contributed by atoms with E-state index in [2.05, 4.69) is 5.32 Å². The molecule has 0 aromatic carbocycles. The molecule has 2 rings (SSSR count). The predicted octanol–water partition coefficient (Wildman–Crippen LogP) is 1.68. The Morgan fingerprint density at radius 1 is 1.32 bits per heavy atom. The smallest absolute Gasteiger partial charge is 0.230 e. The van der Waals surface area contributed by atoms with Crippen LogP contribution in [0.2, 0.25) is 0 Å². The SMILES string of the molecule is NCC1(NC(=O)CSCC2CCCCO2)CCCC1. The second-order valence-corrected chi connectivity index (χ2v) is 6.77. The van der Waals surface area contributed by atoms with Gasteiger partial charge in [-0.15, -0.1) is 11.8 Å². The third-order valence-electron chi connectivity index (χ3n) is 4.17. The zero-order valence-corrected chi connectivity index (χ0v) is 12.5.